The number of nitrogens with zero attached hydrogens (tertiary/aromatic N) is 5. The molecule has 5 nitrogen and oxygen atoms in total. The molecule has 71 heavy (non-hydrogen) atoms. The molecular formula is C65H44BN5. The van der Waals surface area contributed by atoms with Gasteiger partial charge in [0, 0.05) is 61.6 Å². The van der Waals surface area contributed by atoms with Gasteiger partial charge in [-0.05, 0) is 125 Å². The quantitative estimate of drug-likeness (QED) is 0.149. The van der Waals surface area contributed by atoms with Crippen molar-refractivity contribution < 1.29 is 0 Å². The van der Waals surface area contributed by atoms with Crippen molar-refractivity contribution in [3.8, 4) is 50.7 Å². The maximum Gasteiger partial charge on any atom is 0.252 e. The molecule has 0 radical (unpaired) electrons. The minimum absolute atomic E-state index is 0.0477. The lowest BCUT2D eigenvalue weighted by molar-refractivity contribution is 1.13. The fourth-order valence-electron chi connectivity index (χ4n) is 11.3. The molecule has 10 aromatic carbocycles. The Labute approximate surface area is 413 Å². The maximum atomic E-state index is 5.33. The Kier molecular flexibility index (Phi) is 9.46. The van der Waals surface area contributed by atoms with Crippen LogP contribution in [0.2, 0.25) is 0 Å². The van der Waals surface area contributed by atoms with E-state index in [-0.39, 0.29) is 6.71 Å². The molecule has 0 fully saturated rings. The van der Waals surface area contributed by atoms with E-state index in [9.17, 15) is 0 Å². The van der Waals surface area contributed by atoms with E-state index in [0.717, 1.165) is 72.9 Å². The largest absolute Gasteiger partial charge is 0.311 e. The molecule has 2 aliphatic heterocycles. The van der Waals surface area contributed by atoms with Gasteiger partial charge in [-0.1, -0.05) is 164 Å². The van der Waals surface area contributed by atoms with E-state index in [2.05, 4.69) is 258 Å². The molecule has 0 spiro atoms. The summed E-state index contributed by atoms with van der Waals surface area (Å²) in [6, 6.07) is 89.9. The SMILES string of the molecule is Cc1ccc(-c2nc(-c3ccccc3)cc(-c3ccccc3)n2)c(-n2c3ccccc3c3cc(-c4cc5c6c(c4)N(c4ccccc4)c4ccccc4B6c4ccccc4N5c4ccccc4)ccc32)c1. The summed E-state index contributed by atoms with van der Waals surface area (Å²) >= 11 is 0. The second-order valence-corrected chi connectivity index (χ2v) is 18.6. The smallest absolute Gasteiger partial charge is 0.252 e. The summed E-state index contributed by atoms with van der Waals surface area (Å²) in [5, 5.41) is 2.36. The Bertz CT molecular complexity index is 3850. The van der Waals surface area contributed by atoms with Gasteiger partial charge >= 0.3 is 0 Å². The number of hydrogen-bond acceptors (Lipinski definition) is 4. The van der Waals surface area contributed by atoms with Crippen LogP contribution in [0.25, 0.3) is 72.5 Å². The lowest BCUT2D eigenvalue weighted by Gasteiger charge is -2.44. The van der Waals surface area contributed by atoms with Crippen LogP contribution >= 0.6 is 0 Å². The summed E-state index contributed by atoms with van der Waals surface area (Å²) in [5.41, 5.74) is 22.5. The van der Waals surface area contributed by atoms with Crippen LogP contribution in [0, 0.1) is 6.92 Å². The van der Waals surface area contributed by atoms with Gasteiger partial charge < -0.3 is 14.4 Å². The first-order valence-electron chi connectivity index (χ1n) is 24.4. The molecule has 2 aromatic heterocycles. The second kappa shape index (κ2) is 16.5. The van der Waals surface area contributed by atoms with E-state index in [4.69, 9.17) is 9.97 Å². The van der Waals surface area contributed by atoms with Crippen LogP contribution < -0.4 is 26.2 Å². The summed E-state index contributed by atoms with van der Waals surface area (Å²) in [6.45, 7) is 2.21. The average Bonchev–Trinajstić information content (AvgIpc) is 3.77. The number of benzene rings is 10. The van der Waals surface area contributed by atoms with Gasteiger partial charge in [0.25, 0.3) is 6.71 Å². The first-order chi connectivity index (χ1) is 35.1. The molecule has 0 aliphatic carbocycles. The highest BCUT2D eigenvalue weighted by Gasteiger charge is 2.43. The molecule has 2 aliphatic rings. The highest BCUT2D eigenvalue weighted by Crippen LogP contribution is 2.47. The number of rotatable bonds is 7. The van der Waals surface area contributed by atoms with Crippen molar-refractivity contribution in [3.63, 3.8) is 0 Å². The Morgan fingerprint density at radius 2 is 0.859 bits per heavy atom. The maximum absolute atomic E-state index is 5.33. The van der Waals surface area contributed by atoms with Gasteiger partial charge in [0.05, 0.1) is 28.1 Å². The molecule has 0 saturated heterocycles. The number of para-hydroxylation sites is 5. The highest BCUT2D eigenvalue weighted by molar-refractivity contribution is 7.00. The molecule has 0 amide bonds. The molecule has 0 unspecified atom stereocenters. The summed E-state index contributed by atoms with van der Waals surface area (Å²) < 4.78 is 2.42. The zero-order chi connectivity index (χ0) is 47.0. The number of hydrogen-bond donors (Lipinski definition) is 0. The van der Waals surface area contributed by atoms with Crippen molar-refractivity contribution in [2.75, 3.05) is 9.80 Å². The van der Waals surface area contributed by atoms with Gasteiger partial charge in [0.2, 0.25) is 0 Å². The first-order valence-corrected chi connectivity index (χ1v) is 24.4. The molecule has 0 atom stereocenters. The van der Waals surface area contributed by atoms with Crippen molar-refractivity contribution in [1.29, 1.82) is 0 Å². The van der Waals surface area contributed by atoms with Gasteiger partial charge in [-0.15, -0.1) is 0 Å². The fraction of sp³-hybridized carbons (Fsp3) is 0.0154. The lowest BCUT2D eigenvalue weighted by atomic mass is 9.33. The summed E-state index contributed by atoms with van der Waals surface area (Å²) in [7, 11) is 0. The number of anilines is 6. The van der Waals surface area contributed by atoms with Gasteiger partial charge in [0.15, 0.2) is 5.82 Å². The molecule has 12 aromatic rings. The molecule has 6 heteroatoms. The van der Waals surface area contributed by atoms with Crippen LogP contribution in [0.3, 0.4) is 0 Å². The third-order valence-electron chi connectivity index (χ3n) is 14.4. The van der Waals surface area contributed by atoms with Gasteiger partial charge in [-0.25, -0.2) is 9.97 Å². The monoisotopic (exact) mass is 905 g/mol. The first kappa shape index (κ1) is 40.8. The normalized spacial score (nSPS) is 12.5. The van der Waals surface area contributed by atoms with E-state index < -0.39 is 0 Å². The molecule has 332 valence electrons. The number of aryl methyl sites for hydroxylation is 1. The topological polar surface area (TPSA) is 37.2 Å². The summed E-state index contributed by atoms with van der Waals surface area (Å²) in [5.74, 6) is 0.679. The zero-order valence-corrected chi connectivity index (χ0v) is 39.0. The molecule has 0 bridgehead atoms. The Balaban J connectivity index is 0.997. The Morgan fingerprint density at radius 1 is 0.352 bits per heavy atom. The van der Waals surface area contributed by atoms with Crippen LogP contribution in [0.1, 0.15) is 5.56 Å². The standard InChI is InChI=1S/C65H44BN5/c1-43-34-36-51(65-67-55(44-20-6-2-7-21-44)42-56(68-65)45-22-8-3-9-23-45)61(38-43)71-57-31-17-14-28-50(57)52-39-46(35-37-58(52)71)47-40-62-64-63(41-47)70(49-26-12-5-13-27-49)60-33-19-16-30-54(60)66(64)53-29-15-18-32-59(53)69(62)48-24-10-4-11-25-48/h2-42H,1H3. The van der Waals surface area contributed by atoms with Crippen LogP contribution in [0.15, 0.2) is 249 Å². The molecular weight excluding hydrogens is 862 g/mol. The summed E-state index contributed by atoms with van der Waals surface area (Å²) in [4.78, 5) is 15.6. The van der Waals surface area contributed by atoms with Crippen molar-refractivity contribution in [1.82, 2.24) is 14.5 Å². The average molecular weight is 906 g/mol. The third kappa shape index (κ3) is 6.64. The minimum atomic E-state index is 0.0477. The van der Waals surface area contributed by atoms with E-state index in [1.165, 1.54) is 49.9 Å². The van der Waals surface area contributed by atoms with E-state index in [1.54, 1.807) is 0 Å². The van der Waals surface area contributed by atoms with Crippen LogP contribution in [-0.2, 0) is 0 Å². The van der Waals surface area contributed by atoms with E-state index >= 15 is 0 Å². The van der Waals surface area contributed by atoms with Gasteiger partial charge in [-0.3, -0.25) is 0 Å². The number of fused-ring (bicyclic) bond motifs is 7. The van der Waals surface area contributed by atoms with Crippen molar-refractivity contribution >= 4 is 79.0 Å². The van der Waals surface area contributed by atoms with Gasteiger partial charge in [0.1, 0.15) is 0 Å². The third-order valence-corrected chi connectivity index (χ3v) is 14.4. The fourth-order valence-corrected chi connectivity index (χ4v) is 11.3. The van der Waals surface area contributed by atoms with E-state index in [0.29, 0.717) is 5.82 Å². The number of aromatic nitrogens is 3. The minimum Gasteiger partial charge on any atom is -0.311 e. The molecule has 0 saturated carbocycles. The Hall–Kier alpha value is -9.26. The van der Waals surface area contributed by atoms with E-state index in [1.807, 2.05) is 12.1 Å². The predicted molar refractivity (Wildman–Crippen MR) is 297 cm³/mol. The second-order valence-electron chi connectivity index (χ2n) is 18.6. The van der Waals surface area contributed by atoms with Crippen LogP contribution in [0.5, 0.6) is 0 Å². The molecule has 14 rings (SSSR count). The van der Waals surface area contributed by atoms with Crippen molar-refractivity contribution in [2.24, 2.45) is 0 Å². The molecule has 4 heterocycles. The Morgan fingerprint density at radius 3 is 1.45 bits per heavy atom. The highest BCUT2D eigenvalue weighted by atomic mass is 15.2. The van der Waals surface area contributed by atoms with Gasteiger partial charge in [-0.2, -0.15) is 0 Å². The van der Waals surface area contributed by atoms with Crippen LogP contribution in [-0.4, -0.2) is 21.2 Å². The van der Waals surface area contributed by atoms with Crippen molar-refractivity contribution in [3.05, 3.63) is 254 Å². The van der Waals surface area contributed by atoms with Crippen LogP contribution in [0.4, 0.5) is 34.1 Å². The van der Waals surface area contributed by atoms with Crippen molar-refractivity contribution in [2.45, 2.75) is 6.92 Å². The lowest BCUT2D eigenvalue weighted by Crippen LogP contribution is -2.61. The molecule has 0 N–H and O–H groups in total. The predicted octanol–water partition coefficient (Wildman–Crippen LogP) is 14.6. The zero-order valence-electron chi connectivity index (χ0n) is 39.0. The summed E-state index contributed by atoms with van der Waals surface area (Å²) in [6.07, 6.45) is 0.